The van der Waals surface area contributed by atoms with E-state index in [0.29, 0.717) is 0 Å². The van der Waals surface area contributed by atoms with Gasteiger partial charge in [0.2, 0.25) is 0 Å². The van der Waals surface area contributed by atoms with Gasteiger partial charge in [0.05, 0.1) is 0 Å². The normalized spacial score (nSPS) is 14.0. The summed E-state index contributed by atoms with van der Waals surface area (Å²) in [6.07, 6.45) is 0. The van der Waals surface area contributed by atoms with E-state index >= 15 is 0 Å². The number of rotatable bonds is 4. The molecule has 0 heterocycles. The maximum absolute atomic E-state index is 13.7. The topological polar surface area (TPSA) is 32.3 Å². The lowest BCUT2D eigenvalue weighted by Crippen LogP contribution is -2.24. The van der Waals surface area contributed by atoms with E-state index in [9.17, 15) is 13.9 Å². The Bertz CT molecular complexity index is 563. The summed E-state index contributed by atoms with van der Waals surface area (Å²) >= 11 is 0. The summed E-state index contributed by atoms with van der Waals surface area (Å²) in [6, 6.07) is 10.0. The van der Waals surface area contributed by atoms with Gasteiger partial charge < -0.3 is 10.4 Å². The van der Waals surface area contributed by atoms with E-state index in [-0.39, 0.29) is 17.4 Å². The van der Waals surface area contributed by atoms with Crippen LogP contribution in [0.15, 0.2) is 42.5 Å². The molecule has 2 N–H and O–H groups in total. The smallest absolute Gasteiger partial charge is 0.130 e. The lowest BCUT2D eigenvalue weighted by Gasteiger charge is -2.21. The van der Waals surface area contributed by atoms with Crippen molar-refractivity contribution >= 4 is 0 Å². The highest BCUT2D eigenvalue weighted by Crippen LogP contribution is 2.24. The Balaban J connectivity index is 2.15. The zero-order valence-electron chi connectivity index (χ0n) is 11.4. The molecule has 2 rings (SSSR count). The zero-order chi connectivity index (χ0) is 14.7. The molecule has 20 heavy (non-hydrogen) atoms. The number of halogens is 2. The van der Waals surface area contributed by atoms with Crippen LogP contribution in [0.1, 0.15) is 37.1 Å². The van der Waals surface area contributed by atoms with Crippen molar-refractivity contribution in [1.29, 1.82) is 0 Å². The third-order valence-corrected chi connectivity index (χ3v) is 3.33. The van der Waals surface area contributed by atoms with E-state index in [1.807, 2.05) is 6.92 Å². The van der Waals surface area contributed by atoms with Crippen molar-refractivity contribution in [2.75, 3.05) is 0 Å². The number of phenols is 1. The van der Waals surface area contributed by atoms with Crippen LogP contribution >= 0.6 is 0 Å². The first-order chi connectivity index (χ1) is 9.49. The van der Waals surface area contributed by atoms with Crippen molar-refractivity contribution < 1.29 is 13.9 Å². The number of hydrogen-bond acceptors (Lipinski definition) is 2. The van der Waals surface area contributed by atoms with Crippen molar-refractivity contribution in [3.8, 4) is 5.75 Å². The molecule has 0 saturated carbocycles. The number of hydrogen-bond donors (Lipinski definition) is 2. The summed E-state index contributed by atoms with van der Waals surface area (Å²) in [7, 11) is 0. The van der Waals surface area contributed by atoms with E-state index in [4.69, 9.17) is 0 Å². The molecular formula is C16H17F2NO. The van der Waals surface area contributed by atoms with Crippen molar-refractivity contribution in [3.63, 3.8) is 0 Å². The lowest BCUT2D eigenvalue weighted by atomic mass is 10.0. The molecule has 106 valence electrons. The second-order valence-electron chi connectivity index (χ2n) is 4.84. The number of aromatic hydroxyl groups is 1. The molecule has 2 unspecified atom stereocenters. The van der Waals surface area contributed by atoms with E-state index < -0.39 is 17.7 Å². The van der Waals surface area contributed by atoms with Crippen LogP contribution < -0.4 is 5.32 Å². The van der Waals surface area contributed by atoms with Gasteiger partial charge in [0, 0.05) is 17.6 Å². The van der Waals surface area contributed by atoms with Gasteiger partial charge in [0.1, 0.15) is 17.4 Å². The Morgan fingerprint density at radius 3 is 2.00 bits per heavy atom. The van der Waals surface area contributed by atoms with Crippen LogP contribution in [0.2, 0.25) is 0 Å². The minimum atomic E-state index is -0.553. The first kappa shape index (κ1) is 14.5. The SMILES string of the molecule is CC(NC(C)c1c(F)cccc1F)c1ccc(O)cc1. The Hall–Kier alpha value is -1.94. The average molecular weight is 277 g/mol. The van der Waals surface area contributed by atoms with Gasteiger partial charge in [-0.05, 0) is 43.7 Å². The second-order valence-corrected chi connectivity index (χ2v) is 4.84. The molecule has 0 aliphatic carbocycles. The van der Waals surface area contributed by atoms with Crippen molar-refractivity contribution in [1.82, 2.24) is 5.32 Å². The first-order valence-corrected chi connectivity index (χ1v) is 6.48. The standard InChI is InChI=1S/C16H17F2NO/c1-10(12-6-8-13(20)9-7-12)19-11(2)16-14(17)4-3-5-15(16)18/h3-11,19-20H,1-2H3. The molecule has 0 aliphatic rings. The van der Waals surface area contributed by atoms with Crippen molar-refractivity contribution in [2.24, 2.45) is 0 Å². The third-order valence-electron chi connectivity index (χ3n) is 3.33. The summed E-state index contributed by atoms with van der Waals surface area (Å²) in [6.45, 7) is 3.63. The predicted molar refractivity (Wildman–Crippen MR) is 74.4 cm³/mol. The Morgan fingerprint density at radius 1 is 0.900 bits per heavy atom. The van der Waals surface area contributed by atoms with Gasteiger partial charge in [-0.1, -0.05) is 18.2 Å². The number of benzene rings is 2. The van der Waals surface area contributed by atoms with Gasteiger partial charge >= 0.3 is 0 Å². The average Bonchev–Trinajstić information content (AvgIpc) is 2.39. The van der Waals surface area contributed by atoms with E-state index in [0.717, 1.165) is 5.56 Å². The maximum atomic E-state index is 13.7. The van der Waals surface area contributed by atoms with Gasteiger partial charge in [-0.15, -0.1) is 0 Å². The fourth-order valence-corrected chi connectivity index (χ4v) is 2.24. The summed E-state index contributed by atoms with van der Waals surface area (Å²) in [5.41, 5.74) is 0.976. The largest absolute Gasteiger partial charge is 0.508 e. The lowest BCUT2D eigenvalue weighted by molar-refractivity contribution is 0.448. The monoisotopic (exact) mass is 277 g/mol. The highest BCUT2D eigenvalue weighted by Gasteiger charge is 2.18. The fraction of sp³-hybridized carbons (Fsp3) is 0.250. The highest BCUT2D eigenvalue weighted by atomic mass is 19.1. The molecule has 0 amide bonds. The molecule has 2 aromatic carbocycles. The van der Waals surface area contributed by atoms with Crippen LogP contribution in [0.5, 0.6) is 5.75 Å². The second kappa shape index (κ2) is 6.01. The molecule has 0 fully saturated rings. The molecule has 0 aromatic heterocycles. The Labute approximate surface area is 117 Å². The van der Waals surface area contributed by atoms with Gasteiger partial charge in [-0.2, -0.15) is 0 Å². The highest BCUT2D eigenvalue weighted by molar-refractivity contribution is 5.28. The predicted octanol–water partition coefficient (Wildman–Crippen LogP) is 4.08. The minimum absolute atomic E-state index is 0.0399. The minimum Gasteiger partial charge on any atom is -0.508 e. The van der Waals surface area contributed by atoms with E-state index in [1.54, 1.807) is 31.2 Å². The number of nitrogens with one attached hydrogen (secondary N) is 1. The molecule has 0 spiro atoms. The van der Waals surface area contributed by atoms with Crippen LogP contribution in [0.25, 0.3) is 0 Å². The Morgan fingerprint density at radius 2 is 1.45 bits per heavy atom. The molecule has 2 atom stereocenters. The molecule has 0 aliphatic heterocycles. The van der Waals surface area contributed by atoms with Gasteiger partial charge in [-0.25, -0.2) is 8.78 Å². The number of phenolic OH excluding ortho intramolecular Hbond substituents is 1. The van der Waals surface area contributed by atoms with E-state index in [2.05, 4.69) is 5.32 Å². The maximum Gasteiger partial charge on any atom is 0.130 e. The first-order valence-electron chi connectivity index (χ1n) is 6.48. The van der Waals surface area contributed by atoms with Gasteiger partial charge in [0.15, 0.2) is 0 Å². The van der Waals surface area contributed by atoms with Crippen LogP contribution in [-0.2, 0) is 0 Å². The molecule has 0 saturated heterocycles. The Kier molecular flexibility index (Phi) is 4.35. The molecule has 2 nitrogen and oxygen atoms in total. The molecular weight excluding hydrogens is 260 g/mol. The molecule has 0 radical (unpaired) electrons. The van der Waals surface area contributed by atoms with Gasteiger partial charge in [0.25, 0.3) is 0 Å². The molecule has 2 aromatic rings. The third kappa shape index (κ3) is 3.14. The zero-order valence-corrected chi connectivity index (χ0v) is 11.4. The van der Waals surface area contributed by atoms with Crippen LogP contribution in [0.3, 0.4) is 0 Å². The van der Waals surface area contributed by atoms with Crippen LogP contribution in [0.4, 0.5) is 8.78 Å². The van der Waals surface area contributed by atoms with Gasteiger partial charge in [-0.3, -0.25) is 0 Å². The quantitative estimate of drug-likeness (QED) is 0.882. The molecule has 4 heteroatoms. The fourth-order valence-electron chi connectivity index (χ4n) is 2.24. The summed E-state index contributed by atoms with van der Waals surface area (Å²) in [5, 5.41) is 12.4. The summed E-state index contributed by atoms with van der Waals surface area (Å²) in [5.74, 6) is -0.917. The van der Waals surface area contributed by atoms with E-state index in [1.165, 1.54) is 18.2 Å². The summed E-state index contributed by atoms with van der Waals surface area (Å²) < 4.78 is 27.4. The van der Waals surface area contributed by atoms with Crippen LogP contribution in [-0.4, -0.2) is 5.11 Å². The van der Waals surface area contributed by atoms with Crippen molar-refractivity contribution in [3.05, 3.63) is 65.2 Å². The van der Waals surface area contributed by atoms with Crippen LogP contribution in [0, 0.1) is 11.6 Å². The summed E-state index contributed by atoms with van der Waals surface area (Å²) in [4.78, 5) is 0. The van der Waals surface area contributed by atoms with Crippen molar-refractivity contribution in [2.45, 2.75) is 25.9 Å². The molecule has 0 bridgehead atoms.